The van der Waals surface area contributed by atoms with Crippen LogP contribution in [0.15, 0.2) is 29.3 Å². The summed E-state index contributed by atoms with van der Waals surface area (Å²) in [5.41, 5.74) is 12.9. The molecule has 0 spiro atoms. The summed E-state index contributed by atoms with van der Waals surface area (Å²) >= 11 is 0. The molecule has 3 aromatic rings. The summed E-state index contributed by atoms with van der Waals surface area (Å²) in [5, 5.41) is 23.6. The predicted octanol–water partition coefficient (Wildman–Crippen LogP) is 3.20. The fourth-order valence-corrected chi connectivity index (χ4v) is 3.73. The van der Waals surface area contributed by atoms with Crippen molar-refractivity contribution in [1.82, 2.24) is 10.3 Å². The second-order valence-corrected chi connectivity index (χ2v) is 7.56. The summed E-state index contributed by atoms with van der Waals surface area (Å²) in [6.07, 6.45) is 1.72. The molecule has 14 heteroatoms. The molecule has 0 saturated heterocycles. The number of nitrogens with one attached hydrogen (secondary N) is 2. The number of fused-ring (bicyclic) bond motifs is 1. The molecule has 10 nitrogen and oxygen atoms in total. The van der Waals surface area contributed by atoms with Crippen molar-refractivity contribution >= 4 is 23.3 Å². The van der Waals surface area contributed by atoms with Crippen molar-refractivity contribution in [2.75, 3.05) is 23.9 Å². The fraction of sp³-hybridized carbons (Fsp3) is 0.130. The van der Waals surface area contributed by atoms with E-state index in [0.29, 0.717) is 5.56 Å². The van der Waals surface area contributed by atoms with E-state index in [9.17, 15) is 22.8 Å². The molecule has 4 rings (SSSR count). The van der Waals surface area contributed by atoms with E-state index < -0.39 is 41.7 Å². The number of anilines is 3. The highest BCUT2D eigenvalue weighted by atomic mass is 19.2. The molecule has 0 aliphatic carbocycles. The van der Waals surface area contributed by atoms with E-state index in [1.54, 1.807) is 12.3 Å². The zero-order valence-electron chi connectivity index (χ0n) is 18.9. The number of hydrogen-bond donors (Lipinski definition) is 4. The molecule has 6 N–H and O–H groups in total. The molecule has 0 bridgehead atoms. The maximum Gasteiger partial charge on any atom is 0.211 e. The number of guanidine groups is 1. The Labute approximate surface area is 206 Å². The summed E-state index contributed by atoms with van der Waals surface area (Å²) < 4.78 is 65.7. The first-order chi connectivity index (χ1) is 17.7. The van der Waals surface area contributed by atoms with Crippen LogP contribution in [0.1, 0.15) is 28.3 Å². The topological polar surface area (TPSA) is 167 Å². The lowest BCUT2D eigenvalue weighted by Crippen LogP contribution is -2.32. The van der Waals surface area contributed by atoms with E-state index >= 15 is 0 Å². The zero-order chi connectivity index (χ0) is 26.9. The summed E-state index contributed by atoms with van der Waals surface area (Å²) in [6, 6.07) is 5.58. The van der Waals surface area contributed by atoms with Crippen LogP contribution in [0.5, 0.6) is 11.5 Å². The van der Waals surface area contributed by atoms with Crippen LogP contribution in [0, 0.1) is 46.1 Å². The standard InChI is InChI=1S/C23H16F4N8O2/c1-36-14-3-2-9(4-10(14)7-37-20-16(26)12(24)5-13(25)17(20)27)19-15-18(30)11(6-28)21(31)34-22(15)35-23(33-19)32-8-29/h2-5,19H,7H2,1H3,(H6,30,31,32,33,34,35). The van der Waals surface area contributed by atoms with Crippen molar-refractivity contribution in [2.24, 2.45) is 4.99 Å². The third-order valence-corrected chi connectivity index (χ3v) is 5.42. The van der Waals surface area contributed by atoms with Crippen molar-refractivity contribution in [3.8, 4) is 23.8 Å². The predicted molar refractivity (Wildman–Crippen MR) is 123 cm³/mol. The lowest BCUT2D eigenvalue weighted by Gasteiger charge is -2.26. The second kappa shape index (κ2) is 9.79. The molecule has 1 aliphatic heterocycles. The molecule has 188 valence electrons. The van der Waals surface area contributed by atoms with E-state index in [0.717, 1.165) is 0 Å². The number of aliphatic imine (C=N–C) groups is 1. The van der Waals surface area contributed by atoms with Crippen molar-refractivity contribution < 1.29 is 27.0 Å². The number of nitriles is 2. The first kappa shape index (κ1) is 24.9. The Morgan fingerprint density at radius 2 is 1.81 bits per heavy atom. The van der Waals surface area contributed by atoms with Crippen molar-refractivity contribution in [3.63, 3.8) is 0 Å². The number of pyridine rings is 1. The van der Waals surface area contributed by atoms with Crippen LogP contribution in [-0.2, 0) is 6.61 Å². The number of halogens is 4. The highest BCUT2D eigenvalue weighted by Gasteiger charge is 2.30. The van der Waals surface area contributed by atoms with Crippen LogP contribution >= 0.6 is 0 Å². The Morgan fingerprint density at radius 3 is 2.43 bits per heavy atom. The molecular weight excluding hydrogens is 496 g/mol. The minimum absolute atomic E-state index is 0.00371. The Hall–Kier alpha value is -5.24. The second-order valence-electron chi connectivity index (χ2n) is 7.56. The number of nitrogens with zero attached hydrogens (tertiary/aromatic N) is 4. The van der Waals surface area contributed by atoms with E-state index in [1.165, 1.54) is 19.2 Å². The summed E-state index contributed by atoms with van der Waals surface area (Å²) in [5.74, 6) is -7.65. The van der Waals surface area contributed by atoms with Crippen LogP contribution in [-0.4, -0.2) is 18.1 Å². The van der Waals surface area contributed by atoms with Gasteiger partial charge in [0, 0.05) is 17.2 Å². The fourth-order valence-electron chi connectivity index (χ4n) is 3.73. The largest absolute Gasteiger partial charge is 0.496 e. The molecule has 2 heterocycles. The van der Waals surface area contributed by atoms with Crippen LogP contribution < -0.4 is 31.6 Å². The van der Waals surface area contributed by atoms with Crippen LogP contribution in [0.2, 0.25) is 0 Å². The molecule has 2 aromatic carbocycles. The van der Waals surface area contributed by atoms with Crippen LogP contribution in [0.3, 0.4) is 0 Å². The molecule has 1 aromatic heterocycles. The number of rotatable bonds is 5. The maximum atomic E-state index is 14.1. The monoisotopic (exact) mass is 512 g/mol. The summed E-state index contributed by atoms with van der Waals surface area (Å²) in [4.78, 5) is 8.57. The molecule has 0 fully saturated rings. The highest BCUT2D eigenvalue weighted by Crippen LogP contribution is 2.41. The normalized spacial score (nSPS) is 13.9. The van der Waals surface area contributed by atoms with Crippen LogP contribution in [0.25, 0.3) is 0 Å². The molecule has 0 saturated carbocycles. The van der Waals surface area contributed by atoms with E-state index in [-0.39, 0.29) is 51.8 Å². The van der Waals surface area contributed by atoms with Crippen molar-refractivity contribution in [1.29, 1.82) is 10.5 Å². The van der Waals surface area contributed by atoms with Gasteiger partial charge in [-0.05, 0) is 17.7 Å². The van der Waals surface area contributed by atoms with Gasteiger partial charge in [0.05, 0.1) is 12.8 Å². The number of ether oxygens (including phenoxy) is 2. The first-order valence-electron chi connectivity index (χ1n) is 10.3. The van der Waals surface area contributed by atoms with Gasteiger partial charge < -0.3 is 26.3 Å². The molecule has 1 unspecified atom stereocenters. The van der Waals surface area contributed by atoms with Gasteiger partial charge in [0.2, 0.25) is 17.6 Å². The van der Waals surface area contributed by atoms with Gasteiger partial charge in [-0.2, -0.15) is 19.3 Å². The number of benzene rings is 2. The van der Waals surface area contributed by atoms with E-state index in [1.807, 2.05) is 6.07 Å². The number of nitrogen functional groups attached to an aromatic ring is 2. The van der Waals surface area contributed by atoms with Crippen molar-refractivity contribution in [3.05, 3.63) is 69.8 Å². The van der Waals surface area contributed by atoms with E-state index in [2.05, 4.69) is 20.6 Å². The van der Waals surface area contributed by atoms with Gasteiger partial charge in [0.25, 0.3) is 0 Å². The average Bonchev–Trinajstić information content (AvgIpc) is 2.87. The van der Waals surface area contributed by atoms with Gasteiger partial charge in [-0.1, -0.05) is 6.07 Å². The third-order valence-electron chi connectivity index (χ3n) is 5.42. The van der Waals surface area contributed by atoms with Gasteiger partial charge >= 0.3 is 0 Å². The highest BCUT2D eigenvalue weighted by molar-refractivity contribution is 5.98. The average molecular weight is 512 g/mol. The van der Waals surface area contributed by atoms with Gasteiger partial charge in [-0.3, -0.25) is 5.32 Å². The molecular formula is C23H16F4N8O2. The quantitative estimate of drug-likeness (QED) is 0.174. The molecule has 37 heavy (non-hydrogen) atoms. The van der Waals surface area contributed by atoms with E-state index in [4.69, 9.17) is 26.2 Å². The molecule has 0 amide bonds. The Balaban J connectivity index is 1.80. The summed E-state index contributed by atoms with van der Waals surface area (Å²) in [7, 11) is 1.33. The Kier molecular flexibility index (Phi) is 6.58. The zero-order valence-corrected chi connectivity index (χ0v) is 18.9. The molecule has 1 aliphatic rings. The van der Waals surface area contributed by atoms with Gasteiger partial charge in [-0.15, -0.1) is 0 Å². The van der Waals surface area contributed by atoms with Gasteiger partial charge in [0.15, 0.2) is 23.6 Å². The van der Waals surface area contributed by atoms with Gasteiger partial charge in [0.1, 0.15) is 41.7 Å². The summed E-state index contributed by atoms with van der Waals surface area (Å²) in [6.45, 7) is -0.558. The lowest BCUT2D eigenvalue weighted by molar-refractivity contribution is 0.256. The minimum Gasteiger partial charge on any atom is -0.496 e. The number of hydrogen-bond acceptors (Lipinski definition) is 10. The maximum absolute atomic E-state index is 14.1. The van der Waals surface area contributed by atoms with Crippen LogP contribution in [0.4, 0.5) is 34.9 Å². The smallest absolute Gasteiger partial charge is 0.211 e. The van der Waals surface area contributed by atoms with Gasteiger partial charge in [-0.25, -0.2) is 18.8 Å². The number of methoxy groups -OCH3 is 1. The minimum atomic E-state index is -1.70. The number of aromatic nitrogens is 1. The third kappa shape index (κ3) is 4.43. The lowest BCUT2D eigenvalue weighted by atomic mass is 9.94. The Morgan fingerprint density at radius 1 is 1.11 bits per heavy atom. The first-order valence-corrected chi connectivity index (χ1v) is 10.3. The van der Waals surface area contributed by atoms with Crippen molar-refractivity contribution in [2.45, 2.75) is 12.6 Å². The molecule has 0 radical (unpaired) electrons. The number of nitrogens with two attached hydrogens (primary N) is 2. The Bertz CT molecular complexity index is 1500. The SMILES string of the molecule is COc1ccc(C2N=C(NC#N)Nc3nc(N)c(C#N)c(N)c32)cc1COc1c(F)c(F)cc(F)c1F. The molecule has 1 atom stereocenters.